The average molecular weight is 258 g/mol. The summed E-state index contributed by atoms with van der Waals surface area (Å²) in [6.45, 7) is 5.00. The molecule has 0 saturated carbocycles. The maximum atomic E-state index is 13.3. The molecule has 0 aliphatic rings. The fraction of sp³-hybridized carbons (Fsp3) is 0.500. The molecule has 0 unspecified atom stereocenters. The summed E-state index contributed by atoms with van der Waals surface area (Å²) in [5.74, 6) is -0.247. The summed E-state index contributed by atoms with van der Waals surface area (Å²) in [5.41, 5.74) is 6.84. The van der Waals surface area contributed by atoms with E-state index in [1.54, 1.807) is 17.8 Å². The normalized spacial score (nSPS) is 11.4. The first kappa shape index (κ1) is 14.0. The second-order valence-corrected chi connectivity index (χ2v) is 5.90. The number of methoxy groups -OCH3 is 1. The molecule has 0 saturated heterocycles. The maximum Gasteiger partial charge on any atom is 0.167 e. The molecule has 3 nitrogen and oxygen atoms in total. The Morgan fingerprint density at radius 2 is 2.12 bits per heavy atom. The fourth-order valence-electron chi connectivity index (χ4n) is 1.26. The Bertz CT molecular complexity index is 396. The lowest BCUT2D eigenvalue weighted by Gasteiger charge is -2.23. The van der Waals surface area contributed by atoms with Crippen LogP contribution >= 0.6 is 11.8 Å². The molecule has 1 rings (SSSR count). The lowest BCUT2D eigenvalue weighted by molar-refractivity contribution is 0.387. The molecule has 0 spiro atoms. The molecule has 0 aliphatic carbocycles. The van der Waals surface area contributed by atoms with Gasteiger partial charge in [-0.15, -0.1) is 0 Å². The van der Waals surface area contributed by atoms with E-state index in [9.17, 15) is 4.39 Å². The van der Waals surface area contributed by atoms with E-state index in [0.717, 1.165) is 6.54 Å². The van der Waals surface area contributed by atoms with Crippen molar-refractivity contribution in [1.82, 2.24) is 0 Å². The van der Waals surface area contributed by atoms with Crippen LogP contribution in [0.5, 0.6) is 5.75 Å². The molecule has 17 heavy (non-hydrogen) atoms. The first-order valence-corrected chi connectivity index (χ1v) is 6.54. The highest BCUT2D eigenvalue weighted by molar-refractivity contribution is 7.99. The molecule has 5 heteroatoms. The Kier molecular flexibility index (Phi) is 4.51. The van der Waals surface area contributed by atoms with Gasteiger partial charge < -0.3 is 15.8 Å². The largest absolute Gasteiger partial charge is 0.494 e. The molecule has 96 valence electrons. The highest BCUT2D eigenvalue weighted by Gasteiger charge is 2.16. The smallest absolute Gasteiger partial charge is 0.167 e. The molecule has 0 radical (unpaired) electrons. The molecule has 1 aromatic carbocycles. The van der Waals surface area contributed by atoms with Crippen molar-refractivity contribution in [3.63, 3.8) is 0 Å². The molecule has 0 amide bonds. The van der Waals surface area contributed by atoms with Crippen LogP contribution in [-0.4, -0.2) is 24.7 Å². The van der Waals surface area contributed by atoms with E-state index in [-0.39, 0.29) is 10.5 Å². The van der Waals surface area contributed by atoms with Crippen molar-refractivity contribution in [3.8, 4) is 5.75 Å². The van der Waals surface area contributed by atoms with E-state index < -0.39 is 5.82 Å². The zero-order chi connectivity index (χ0) is 13.1. The van der Waals surface area contributed by atoms with Crippen LogP contribution in [0.3, 0.4) is 0 Å². The molecule has 0 heterocycles. The number of nitrogens with two attached hydrogens (primary N) is 1. The number of benzene rings is 1. The minimum absolute atomic E-state index is 0.0913. The second-order valence-electron chi connectivity index (χ2n) is 4.39. The number of rotatable bonds is 5. The van der Waals surface area contributed by atoms with Crippen molar-refractivity contribution in [2.75, 3.05) is 31.0 Å². The Labute approximate surface area is 106 Å². The van der Waals surface area contributed by atoms with E-state index >= 15 is 0 Å². The summed E-state index contributed by atoms with van der Waals surface area (Å²) in [4.78, 5) is 0. The van der Waals surface area contributed by atoms with Crippen molar-refractivity contribution in [2.24, 2.45) is 0 Å². The number of nitrogens with one attached hydrogen (secondary N) is 1. The standard InChI is InChI=1S/C12H19FN2OS/c1-12(2,17-4)7-15-10-6-11(16-3)8(13)5-9(10)14/h5-6,15H,7,14H2,1-4H3. The third-order valence-electron chi connectivity index (χ3n) is 2.58. The Hall–Kier alpha value is -1.10. The van der Waals surface area contributed by atoms with E-state index in [0.29, 0.717) is 11.4 Å². The number of hydrogen-bond donors (Lipinski definition) is 2. The zero-order valence-electron chi connectivity index (χ0n) is 10.6. The monoisotopic (exact) mass is 258 g/mol. The Morgan fingerprint density at radius 3 is 2.65 bits per heavy atom. The predicted octanol–water partition coefficient (Wildman–Crippen LogP) is 2.97. The van der Waals surface area contributed by atoms with Crippen LogP contribution in [0.2, 0.25) is 0 Å². The quantitative estimate of drug-likeness (QED) is 0.797. The van der Waals surface area contributed by atoms with Crippen LogP contribution in [-0.2, 0) is 0 Å². The van der Waals surface area contributed by atoms with Gasteiger partial charge in [-0.1, -0.05) is 0 Å². The molecular formula is C12H19FN2OS. The van der Waals surface area contributed by atoms with Gasteiger partial charge in [0.25, 0.3) is 0 Å². The topological polar surface area (TPSA) is 47.3 Å². The van der Waals surface area contributed by atoms with Gasteiger partial charge in [-0.25, -0.2) is 4.39 Å². The van der Waals surface area contributed by atoms with Crippen LogP contribution in [0.15, 0.2) is 12.1 Å². The summed E-state index contributed by atoms with van der Waals surface area (Å²) in [7, 11) is 1.43. The van der Waals surface area contributed by atoms with Gasteiger partial charge in [0.15, 0.2) is 11.6 Å². The number of nitrogen functional groups attached to an aromatic ring is 1. The summed E-state index contributed by atoms with van der Waals surface area (Å²) < 4.78 is 18.3. The van der Waals surface area contributed by atoms with Crippen molar-refractivity contribution < 1.29 is 9.13 Å². The number of halogens is 1. The van der Waals surface area contributed by atoms with Gasteiger partial charge in [0.1, 0.15) is 0 Å². The second kappa shape index (κ2) is 5.49. The molecular weight excluding hydrogens is 239 g/mol. The lowest BCUT2D eigenvalue weighted by atomic mass is 10.2. The molecule has 0 fully saturated rings. The van der Waals surface area contributed by atoms with E-state index in [1.807, 2.05) is 0 Å². The minimum Gasteiger partial charge on any atom is -0.494 e. The molecule has 1 aromatic rings. The Morgan fingerprint density at radius 1 is 1.47 bits per heavy atom. The van der Waals surface area contributed by atoms with Crippen molar-refractivity contribution >= 4 is 23.1 Å². The van der Waals surface area contributed by atoms with Gasteiger partial charge >= 0.3 is 0 Å². The van der Waals surface area contributed by atoms with Crippen LogP contribution in [0.1, 0.15) is 13.8 Å². The summed E-state index contributed by atoms with van der Waals surface area (Å²) in [5, 5.41) is 3.21. The van der Waals surface area contributed by atoms with Gasteiger partial charge in [-0.2, -0.15) is 11.8 Å². The van der Waals surface area contributed by atoms with Crippen molar-refractivity contribution in [3.05, 3.63) is 17.9 Å². The van der Waals surface area contributed by atoms with E-state index in [4.69, 9.17) is 10.5 Å². The highest BCUT2D eigenvalue weighted by atomic mass is 32.2. The molecule has 0 bridgehead atoms. The summed E-state index contributed by atoms with van der Waals surface area (Å²) >= 11 is 1.76. The number of ether oxygens (including phenoxy) is 1. The summed E-state index contributed by atoms with van der Waals surface area (Å²) in [6, 6.07) is 2.86. The number of hydrogen-bond acceptors (Lipinski definition) is 4. The maximum absolute atomic E-state index is 13.3. The van der Waals surface area contributed by atoms with Gasteiger partial charge in [-0.05, 0) is 20.1 Å². The molecule has 3 N–H and O–H groups in total. The Balaban J connectivity index is 2.84. The first-order chi connectivity index (χ1) is 7.89. The van der Waals surface area contributed by atoms with Crippen LogP contribution in [0, 0.1) is 5.82 Å². The van der Waals surface area contributed by atoms with Crippen LogP contribution in [0.25, 0.3) is 0 Å². The number of anilines is 2. The molecule has 0 aliphatic heterocycles. The SMILES string of the molecule is COc1cc(NCC(C)(C)SC)c(N)cc1F. The highest BCUT2D eigenvalue weighted by Crippen LogP contribution is 2.29. The minimum atomic E-state index is -0.445. The van der Waals surface area contributed by atoms with Gasteiger partial charge in [-0.3, -0.25) is 0 Å². The van der Waals surface area contributed by atoms with Gasteiger partial charge in [0.05, 0.1) is 18.5 Å². The van der Waals surface area contributed by atoms with Crippen LogP contribution < -0.4 is 15.8 Å². The number of thioether (sulfide) groups is 1. The third kappa shape index (κ3) is 3.70. The average Bonchev–Trinajstić information content (AvgIpc) is 2.28. The third-order valence-corrected chi connectivity index (χ3v) is 3.83. The molecule has 0 atom stereocenters. The van der Waals surface area contributed by atoms with Crippen LogP contribution in [0.4, 0.5) is 15.8 Å². The van der Waals surface area contributed by atoms with Gasteiger partial charge in [0, 0.05) is 23.4 Å². The first-order valence-electron chi connectivity index (χ1n) is 5.31. The fourth-order valence-corrected chi connectivity index (χ4v) is 1.48. The van der Waals surface area contributed by atoms with Crippen molar-refractivity contribution in [1.29, 1.82) is 0 Å². The lowest BCUT2D eigenvalue weighted by Crippen LogP contribution is -2.26. The predicted molar refractivity (Wildman–Crippen MR) is 73.4 cm³/mol. The zero-order valence-corrected chi connectivity index (χ0v) is 11.5. The molecule has 0 aromatic heterocycles. The van der Waals surface area contributed by atoms with E-state index in [1.165, 1.54) is 13.2 Å². The summed E-state index contributed by atoms with van der Waals surface area (Å²) in [6.07, 6.45) is 2.05. The van der Waals surface area contributed by atoms with Crippen molar-refractivity contribution in [2.45, 2.75) is 18.6 Å². The van der Waals surface area contributed by atoms with Gasteiger partial charge in [0.2, 0.25) is 0 Å². The van der Waals surface area contributed by atoms with E-state index in [2.05, 4.69) is 25.4 Å².